The molecular formula is C21H36N3O2+. The van der Waals surface area contributed by atoms with Crippen molar-refractivity contribution in [2.24, 2.45) is 5.92 Å². The highest BCUT2D eigenvalue weighted by molar-refractivity contribution is 5.79. The summed E-state index contributed by atoms with van der Waals surface area (Å²) in [5.41, 5.74) is 2.41. The fraction of sp³-hybridized carbons (Fsp3) is 0.619. The second-order valence-electron chi connectivity index (χ2n) is 8.14. The quantitative estimate of drug-likeness (QED) is 0.626. The number of nitrogens with one attached hydrogen (secondary N) is 3. The molecule has 3 N–H and O–H groups in total. The van der Waals surface area contributed by atoms with Crippen LogP contribution in [-0.4, -0.2) is 38.0 Å². The highest BCUT2D eigenvalue weighted by Gasteiger charge is 2.21. The second kappa shape index (κ2) is 10.3. The summed E-state index contributed by atoms with van der Waals surface area (Å²) in [7, 11) is 1.86. The molecule has 0 fully saturated rings. The van der Waals surface area contributed by atoms with Crippen LogP contribution in [0.4, 0.5) is 0 Å². The fourth-order valence-electron chi connectivity index (χ4n) is 2.93. The third kappa shape index (κ3) is 7.56. The van der Waals surface area contributed by atoms with Crippen LogP contribution in [0.25, 0.3) is 0 Å². The lowest BCUT2D eigenvalue weighted by atomic mass is 9.93. The van der Waals surface area contributed by atoms with Gasteiger partial charge in [-0.05, 0) is 36.8 Å². The molecule has 2 amide bonds. The van der Waals surface area contributed by atoms with E-state index in [1.165, 1.54) is 5.56 Å². The van der Waals surface area contributed by atoms with Crippen molar-refractivity contribution < 1.29 is 14.5 Å². The molecular weight excluding hydrogens is 326 g/mol. The lowest BCUT2D eigenvalue weighted by Crippen LogP contribution is -3.11. The monoisotopic (exact) mass is 362 g/mol. The molecule has 2 atom stereocenters. The Balaban J connectivity index is 2.66. The number of hydrogen-bond donors (Lipinski definition) is 3. The standard InChI is InChI=1S/C21H35N3O2/c1-14(2)17-8-10-18(11-9-17)21(15(3)4)23-20(26)13-24(7)12-19(25)22-16(5)6/h8-11,14-16,21H,12-13H2,1-7H3,(H,22,25)(H,23,26)/p+1/t21-/m0/s1. The normalized spacial score (nSPS) is 13.8. The topological polar surface area (TPSA) is 62.6 Å². The maximum atomic E-state index is 12.5. The van der Waals surface area contributed by atoms with Crippen LogP contribution in [0.3, 0.4) is 0 Å². The molecule has 0 radical (unpaired) electrons. The number of carbonyl (C=O) groups is 2. The van der Waals surface area contributed by atoms with Crippen LogP contribution in [0.15, 0.2) is 24.3 Å². The molecule has 0 aromatic heterocycles. The van der Waals surface area contributed by atoms with Crippen LogP contribution in [0, 0.1) is 5.92 Å². The Morgan fingerprint density at radius 2 is 1.31 bits per heavy atom. The van der Waals surface area contributed by atoms with Gasteiger partial charge < -0.3 is 15.5 Å². The first-order valence-corrected chi connectivity index (χ1v) is 9.60. The van der Waals surface area contributed by atoms with Gasteiger partial charge in [0.25, 0.3) is 11.8 Å². The molecule has 1 unspecified atom stereocenters. The van der Waals surface area contributed by atoms with E-state index in [2.05, 4.69) is 62.6 Å². The summed E-state index contributed by atoms with van der Waals surface area (Å²) in [5, 5.41) is 5.99. The lowest BCUT2D eigenvalue weighted by molar-refractivity contribution is -0.862. The number of hydrogen-bond acceptors (Lipinski definition) is 2. The van der Waals surface area contributed by atoms with E-state index in [0.717, 1.165) is 10.5 Å². The Bertz CT molecular complexity index is 579. The predicted molar refractivity (Wildman–Crippen MR) is 106 cm³/mol. The molecule has 0 heterocycles. The Morgan fingerprint density at radius 1 is 0.846 bits per heavy atom. The van der Waals surface area contributed by atoms with Gasteiger partial charge in [0, 0.05) is 6.04 Å². The molecule has 146 valence electrons. The van der Waals surface area contributed by atoms with Crippen molar-refractivity contribution in [3.63, 3.8) is 0 Å². The van der Waals surface area contributed by atoms with Crippen LogP contribution in [-0.2, 0) is 9.59 Å². The van der Waals surface area contributed by atoms with E-state index < -0.39 is 0 Å². The zero-order chi connectivity index (χ0) is 19.9. The molecule has 0 bridgehead atoms. The van der Waals surface area contributed by atoms with E-state index >= 15 is 0 Å². The third-order valence-corrected chi connectivity index (χ3v) is 4.32. The molecule has 0 aliphatic heterocycles. The van der Waals surface area contributed by atoms with Gasteiger partial charge in [-0.15, -0.1) is 0 Å². The van der Waals surface area contributed by atoms with Gasteiger partial charge in [-0.1, -0.05) is 52.0 Å². The maximum Gasteiger partial charge on any atom is 0.275 e. The molecule has 26 heavy (non-hydrogen) atoms. The summed E-state index contributed by atoms with van der Waals surface area (Å²) in [6, 6.07) is 8.56. The van der Waals surface area contributed by atoms with Crippen molar-refractivity contribution in [2.75, 3.05) is 20.1 Å². The Hall–Kier alpha value is -1.88. The average Bonchev–Trinajstić information content (AvgIpc) is 2.51. The van der Waals surface area contributed by atoms with Crippen molar-refractivity contribution in [1.82, 2.24) is 10.6 Å². The molecule has 1 aromatic carbocycles. The average molecular weight is 363 g/mol. The van der Waals surface area contributed by atoms with E-state index in [9.17, 15) is 9.59 Å². The molecule has 0 saturated heterocycles. The van der Waals surface area contributed by atoms with E-state index in [-0.39, 0.29) is 36.4 Å². The Morgan fingerprint density at radius 3 is 1.73 bits per heavy atom. The van der Waals surface area contributed by atoms with Crippen molar-refractivity contribution in [3.05, 3.63) is 35.4 Å². The molecule has 0 spiro atoms. The molecule has 5 heteroatoms. The van der Waals surface area contributed by atoms with Gasteiger partial charge in [-0.25, -0.2) is 0 Å². The zero-order valence-electron chi connectivity index (χ0n) is 17.3. The van der Waals surface area contributed by atoms with Gasteiger partial charge in [-0.2, -0.15) is 0 Å². The molecule has 0 saturated carbocycles. The first-order chi connectivity index (χ1) is 12.1. The summed E-state index contributed by atoms with van der Waals surface area (Å²) in [6.07, 6.45) is 0. The van der Waals surface area contributed by atoms with Gasteiger partial charge in [0.2, 0.25) is 0 Å². The highest BCUT2D eigenvalue weighted by atomic mass is 16.2. The SMILES string of the molecule is CC(C)NC(=O)C[NH+](C)CC(=O)N[C@H](c1ccc(C(C)C)cc1)C(C)C. The number of carbonyl (C=O) groups excluding carboxylic acids is 2. The maximum absolute atomic E-state index is 12.5. The van der Waals surface area contributed by atoms with Crippen molar-refractivity contribution >= 4 is 11.8 Å². The van der Waals surface area contributed by atoms with Crippen LogP contribution in [0.2, 0.25) is 0 Å². The van der Waals surface area contributed by atoms with E-state index in [1.54, 1.807) is 0 Å². The minimum atomic E-state index is -0.0357. The summed E-state index contributed by atoms with van der Waals surface area (Å²) in [6.45, 7) is 13.0. The minimum absolute atomic E-state index is 0.0268. The molecule has 1 aromatic rings. The number of amides is 2. The van der Waals surface area contributed by atoms with Crippen LogP contribution in [0.1, 0.15) is 64.6 Å². The van der Waals surface area contributed by atoms with Gasteiger partial charge in [-0.3, -0.25) is 9.59 Å². The Kier molecular flexibility index (Phi) is 8.79. The lowest BCUT2D eigenvalue weighted by Gasteiger charge is -2.24. The van der Waals surface area contributed by atoms with E-state index in [4.69, 9.17) is 0 Å². The van der Waals surface area contributed by atoms with E-state index in [1.807, 2.05) is 20.9 Å². The van der Waals surface area contributed by atoms with Crippen LogP contribution in [0.5, 0.6) is 0 Å². The molecule has 5 nitrogen and oxygen atoms in total. The van der Waals surface area contributed by atoms with Crippen LogP contribution < -0.4 is 15.5 Å². The summed E-state index contributed by atoms with van der Waals surface area (Å²) in [4.78, 5) is 25.2. The van der Waals surface area contributed by atoms with Crippen LogP contribution >= 0.6 is 0 Å². The summed E-state index contributed by atoms with van der Waals surface area (Å²) >= 11 is 0. The third-order valence-electron chi connectivity index (χ3n) is 4.32. The molecule has 0 aliphatic carbocycles. The minimum Gasteiger partial charge on any atom is -0.349 e. The second-order valence-corrected chi connectivity index (χ2v) is 8.14. The number of benzene rings is 1. The number of rotatable bonds is 9. The van der Waals surface area contributed by atoms with E-state index in [0.29, 0.717) is 12.5 Å². The first-order valence-electron chi connectivity index (χ1n) is 9.60. The van der Waals surface area contributed by atoms with Gasteiger partial charge in [0.05, 0.1) is 13.1 Å². The van der Waals surface area contributed by atoms with Crippen molar-refractivity contribution in [3.8, 4) is 0 Å². The molecule has 1 rings (SSSR count). The molecule has 0 aliphatic rings. The Labute approximate surface area is 158 Å². The zero-order valence-corrected chi connectivity index (χ0v) is 17.3. The summed E-state index contributed by atoms with van der Waals surface area (Å²) < 4.78 is 0. The van der Waals surface area contributed by atoms with Gasteiger partial charge in [0.1, 0.15) is 0 Å². The number of quaternary nitrogens is 1. The summed E-state index contributed by atoms with van der Waals surface area (Å²) in [5.74, 6) is 0.709. The highest BCUT2D eigenvalue weighted by Crippen LogP contribution is 2.23. The first kappa shape index (κ1) is 22.2. The van der Waals surface area contributed by atoms with Gasteiger partial charge in [0.15, 0.2) is 13.1 Å². The van der Waals surface area contributed by atoms with Crippen molar-refractivity contribution in [1.29, 1.82) is 0 Å². The largest absolute Gasteiger partial charge is 0.349 e. The smallest absolute Gasteiger partial charge is 0.275 e. The van der Waals surface area contributed by atoms with Crippen molar-refractivity contribution in [2.45, 2.75) is 59.5 Å². The number of likely N-dealkylation sites (N-methyl/N-ethyl adjacent to an activating group) is 1. The predicted octanol–water partition coefficient (Wildman–Crippen LogP) is 1.66. The van der Waals surface area contributed by atoms with Gasteiger partial charge >= 0.3 is 0 Å². The fourth-order valence-corrected chi connectivity index (χ4v) is 2.93.